The van der Waals surface area contributed by atoms with Crippen molar-refractivity contribution in [3.63, 3.8) is 0 Å². The first kappa shape index (κ1) is 16.8. The first-order valence-corrected chi connectivity index (χ1v) is 9.24. The summed E-state index contributed by atoms with van der Waals surface area (Å²) in [7, 11) is 0. The van der Waals surface area contributed by atoms with Gasteiger partial charge in [-0.3, -0.25) is 9.89 Å². The fourth-order valence-electron chi connectivity index (χ4n) is 3.07. The molecule has 4 rings (SSSR count). The van der Waals surface area contributed by atoms with E-state index in [1.165, 1.54) is 23.4 Å². The van der Waals surface area contributed by atoms with Crippen molar-refractivity contribution in [2.75, 3.05) is 11.4 Å². The minimum absolute atomic E-state index is 0.0252. The Hall–Kier alpha value is -2.67. The second-order valence-electron chi connectivity index (χ2n) is 6.08. The summed E-state index contributed by atoms with van der Waals surface area (Å²) in [5, 5.41) is 6.95. The number of carbonyl (C=O) groups excluding carboxylic acids is 1. The summed E-state index contributed by atoms with van der Waals surface area (Å²) in [5.41, 5.74) is 2.53. The quantitative estimate of drug-likeness (QED) is 0.714. The summed E-state index contributed by atoms with van der Waals surface area (Å²) in [4.78, 5) is 19.0. The van der Waals surface area contributed by atoms with E-state index in [-0.39, 0.29) is 17.0 Å². The van der Waals surface area contributed by atoms with Crippen molar-refractivity contribution in [1.29, 1.82) is 0 Å². The van der Waals surface area contributed by atoms with Crippen molar-refractivity contribution in [1.82, 2.24) is 15.2 Å². The number of carbonyl (C=O) groups is 1. The molecule has 0 bridgehead atoms. The van der Waals surface area contributed by atoms with Crippen LogP contribution in [0.4, 0.5) is 10.1 Å². The monoisotopic (exact) mass is 368 g/mol. The molecule has 0 saturated heterocycles. The highest BCUT2D eigenvalue weighted by atomic mass is 32.2. The van der Waals surface area contributed by atoms with Crippen molar-refractivity contribution in [3.05, 3.63) is 59.9 Å². The summed E-state index contributed by atoms with van der Waals surface area (Å²) >= 11 is 1.27. The Morgan fingerprint density at radius 2 is 2.00 bits per heavy atom. The van der Waals surface area contributed by atoms with Crippen LogP contribution in [-0.2, 0) is 11.2 Å². The van der Waals surface area contributed by atoms with Crippen LogP contribution in [0.1, 0.15) is 12.5 Å². The van der Waals surface area contributed by atoms with Gasteiger partial charge in [0, 0.05) is 12.2 Å². The highest BCUT2D eigenvalue weighted by Crippen LogP contribution is 2.31. The number of hydrogen-bond acceptors (Lipinski definition) is 4. The lowest BCUT2D eigenvalue weighted by Gasteiger charge is -2.20. The van der Waals surface area contributed by atoms with Crippen molar-refractivity contribution in [3.8, 4) is 11.4 Å². The maximum atomic E-state index is 13.9. The van der Waals surface area contributed by atoms with E-state index in [0.717, 1.165) is 12.1 Å². The highest BCUT2D eigenvalue weighted by molar-refractivity contribution is 8.00. The van der Waals surface area contributed by atoms with Gasteiger partial charge in [0.2, 0.25) is 11.1 Å². The van der Waals surface area contributed by atoms with Gasteiger partial charge in [0.25, 0.3) is 0 Å². The second kappa shape index (κ2) is 6.92. The summed E-state index contributed by atoms with van der Waals surface area (Å²) < 4.78 is 13.9. The van der Waals surface area contributed by atoms with E-state index in [4.69, 9.17) is 0 Å². The van der Waals surface area contributed by atoms with Crippen LogP contribution >= 0.6 is 11.8 Å². The second-order valence-corrected chi connectivity index (χ2v) is 7.38. The maximum Gasteiger partial charge on any atom is 0.240 e. The minimum Gasteiger partial charge on any atom is -0.311 e. The lowest BCUT2D eigenvalue weighted by molar-refractivity contribution is -0.117. The van der Waals surface area contributed by atoms with Crippen LogP contribution < -0.4 is 4.90 Å². The molecular formula is C19H17FN4OS. The van der Waals surface area contributed by atoms with E-state index >= 15 is 0 Å². The van der Waals surface area contributed by atoms with Gasteiger partial charge in [-0.05, 0) is 37.1 Å². The SMILES string of the molecule is C[C@H](Sc1n[nH]c(-c2ccccc2F)n1)C(=O)N1CCc2ccccc21. The van der Waals surface area contributed by atoms with E-state index in [0.29, 0.717) is 23.1 Å². The number of benzene rings is 2. The summed E-state index contributed by atoms with van der Waals surface area (Å²) in [5.74, 6) is 0.0203. The van der Waals surface area contributed by atoms with Crippen LogP contribution in [0.15, 0.2) is 53.7 Å². The Bertz CT molecular complexity index is 958. The summed E-state index contributed by atoms with van der Waals surface area (Å²) in [6.45, 7) is 2.53. The molecule has 0 radical (unpaired) electrons. The molecule has 2 aromatic carbocycles. The van der Waals surface area contributed by atoms with Crippen molar-refractivity contribution < 1.29 is 9.18 Å². The standard InChI is InChI=1S/C19H17FN4OS/c1-12(18(25)24-11-10-13-6-2-5-9-16(13)24)26-19-21-17(22-23-19)14-7-3-4-8-15(14)20/h2-9,12H,10-11H2,1H3,(H,21,22,23)/t12-/m0/s1. The van der Waals surface area contributed by atoms with Crippen LogP contribution in [0.25, 0.3) is 11.4 Å². The Balaban J connectivity index is 1.48. The zero-order valence-electron chi connectivity index (χ0n) is 14.1. The fraction of sp³-hybridized carbons (Fsp3) is 0.211. The van der Waals surface area contributed by atoms with Crippen LogP contribution in [0.3, 0.4) is 0 Å². The molecule has 1 atom stereocenters. The number of aromatic amines is 1. The lowest BCUT2D eigenvalue weighted by atomic mass is 10.2. The van der Waals surface area contributed by atoms with E-state index in [1.54, 1.807) is 18.2 Å². The molecule has 1 aliphatic heterocycles. The molecule has 0 unspecified atom stereocenters. The molecule has 0 spiro atoms. The Kier molecular flexibility index (Phi) is 4.46. The van der Waals surface area contributed by atoms with Gasteiger partial charge >= 0.3 is 0 Å². The number of aromatic nitrogens is 3. The third-order valence-electron chi connectivity index (χ3n) is 4.38. The molecule has 132 valence electrons. The normalized spacial score (nSPS) is 14.3. The van der Waals surface area contributed by atoms with Gasteiger partial charge < -0.3 is 4.90 Å². The van der Waals surface area contributed by atoms with E-state index in [2.05, 4.69) is 21.2 Å². The van der Waals surface area contributed by atoms with Gasteiger partial charge in [-0.1, -0.05) is 42.1 Å². The molecule has 1 amide bonds. The Morgan fingerprint density at radius 1 is 1.23 bits per heavy atom. The predicted octanol–water partition coefficient (Wildman–Crippen LogP) is 3.68. The average molecular weight is 368 g/mol. The van der Waals surface area contributed by atoms with Crippen LogP contribution in [-0.4, -0.2) is 32.9 Å². The number of nitrogens with zero attached hydrogens (tertiary/aromatic N) is 3. The third kappa shape index (κ3) is 3.10. The molecule has 0 aliphatic carbocycles. The number of halogens is 1. The number of anilines is 1. The topological polar surface area (TPSA) is 61.9 Å². The number of para-hydroxylation sites is 1. The van der Waals surface area contributed by atoms with Gasteiger partial charge in [-0.15, -0.1) is 5.10 Å². The lowest BCUT2D eigenvalue weighted by Crippen LogP contribution is -2.35. The van der Waals surface area contributed by atoms with Gasteiger partial charge in [0.1, 0.15) is 5.82 Å². The number of nitrogens with one attached hydrogen (secondary N) is 1. The van der Waals surface area contributed by atoms with E-state index in [1.807, 2.05) is 30.0 Å². The van der Waals surface area contributed by atoms with Gasteiger partial charge in [0.05, 0.1) is 10.8 Å². The van der Waals surface area contributed by atoms with Crippen molar-refractivity contribution >= 4 is 23.4 Å². The molecule has 7 heteroatoms. The molecule has 0 saturated carbocycles. The maximum absolute atomic E-state index is 13.9. The largest absolute Gasteiger partial charge is 0.311 e. The Morgan fingerprint density at radius 3 is 2.85 bits per heavy atom. The summed E-state index contributed by atoms with van der Waals surface area (Å²) in [6, 6.07) is 14.3. The Labute approximate surface area is 154 Å². The van der Waals surface area contributed by atoms with E-state index < -0.39 is 0 Å². The van der Waals surface area contributed by atoms with Gasteiger partial charge in [-0.2, -0.15) is 0 Å². The van der Waals surface area contributed by atoms with Crippen molar-refractivity contribution in [2.24, 2.45) is 0 Å². The van der Waals surface area contributed by atoms with Crippen LogP contribution in [0, 0.1) is 5.82 Å². The molecule has 1 N–H and O–H groups in total. The molecule has 3 aromatic rings. The molecule has 5 nitrogen and oxygen atoms in total. The minimum atomic E-state index is -0.363. The zero-order chi connectivity index (χ0) is 18.1. The third-order valence-corrected chi connectivity index (χ3v) is 5.33. The number of amides is 1. The molecule has 0 fully saturated rings. The fourth-order valence-corrected chi connectivity index (χ4v) is 3.85. The van der Waals surface area contributed by atoms with Crippen molar-refractivity contribution in [2.45, 2.75) is 23.8 Å². The number of H-pyrrole nitrogens is 1. The number of thioether (sulfide) groups is 1. The molecule has 2 heterocycles. The number of rotatable bonds is 4. The summed E-state index contributed by atoms with van der Waals surface area (Å²) in [6.07, 6.45) is 0.872. The predicted molar refractivity (Wildman–Crippen MR) is 99.6 cm³/mol. The first-order valence-electron chi connectivity index (χ1n) is 8.37. The molecule has 1 aliphatic rings. The average Bonchev–Trinajstić information content (AvgIpc) is 3.28. The van der Waals surface area contributed by atoms with E-state index in [9.17, 15) is 9.18 Å². The number of fused-ring (bicyclic) bond motifs is 1. The van der Waals surface area contributed by atoms with Crippen LogP contribution in [0.2, 0.25) is 0 Å². The first-order chi connectivity index (χ1) is 12.6. The van der Waals surface area contributed by atoms with Gasteiger partial charge in [-0.25, -0.2) is 9.37 Å². The molecule has 1 aromatic heterocycles. The highest BCUT2D eigenvalue weighted by Gasteiger charge is 2.29. The molecule has 26 heavy (non-hydrogen) atoms. The molecular weight excluding hydrogens is 351 g/mol. The smallest absolute Gasteiger partial charge is 0.240 e. The van der Waals surface area contributed by atoms with Gasteiger partial charge in [0.15, 0.2) is 5.82 Å². The van der Waals surface area contributed by atoms with Crippen LogP contribution in [0.5, 0.6) is 0 Å². The number of hydrogen-bond donors (Lipinski definition) is 1. The zero-order valence-corrected chi connectivity index (χ0v) is 15.0.